The topological polar surface area (TPSA) is 92.9 Å². The van der Waals surface area contributed by atoms with Crippen LogP contribution in [0.15, 0.2) is 12.1 Å². The highest BCUT2D eigenvalue weighted by Gasteiger charge is 2.38. The molecule has 1 aromatic rings. The van der Waals surface area contributed by atoms with Crippen LogP contribution in [0.2, 0.25) is 0 Å². The van der Waals surface area contributed by atoms with E-state index in [1.54, 1.807) is 28.4 Å². The van der Waals surface area contributed by atoms with Gasteiger partial charge in [0.25, 0.3) is 11.6 Å². The van der Waals surface area contributed by atoms with Gasteiger partial charge in [0.2, 0.25) is 0 Å². The SMILES string of the molecule is CCSC(SCC)C1CCCN1C(=O)c1cc(OC)c(O)cc1[N+](=O)[O-]. The third-order valence-corrected chi connectivity index (χ3v) is 7.03. The Morgan fingerprint density at radius 3 is 2.62 bits per heavy atom. The number of hydrogen-bond donors (Lipinski definition) is 1. The van der Waals surface area contributed by atoms with E-state index in [-0.39, 0.29) is 33.6 Å². The number of nitro groups is 1. The fourth-order valence-electron chi connectivity index (χ4n) is 3.12. The van der Waals surface area contributed by atoms with Crippen LogP contribution in [0.4, 0.5) is 5.69 Å². The van der Waals surface area contributed by atoms with E-state index in [4.69, 9.17) is 4.74 Å². The molecular weight excluding hydrogens is 376 g/mol. The number of methoxy groups -OCH3 is 1. The lowest BCUT2D eigenvalue weighted by atomic mass is 10.1. The molecule has 144 valence electrons. The first-order valence-electron chi connectivity index (χ1n) is 8.54. The number of likely N-dealkylation sites (tertiary alicyclic amines) is 1. The number of benzene rings is 1. The Morgan fingerprint density at radius 1 is 1.42 bits per heavy atom. The molecule has 1 atom stereocenters. The smallest absolute Gasteiger partial charge is 0.286 e. The molecule has 0 aromatic heterocycles. The first-order valence-corrected chi connectivity index (χ1v) is 10.6. The minimum Gasteiger partial charge on any atom is -0.504 e. The summed E-state index contributed by atoms with van der Waals surface area (Å²) in [7, 11) is 1.35. The van der Waals surface area contributed by atoms with Gasteiger partial charge < -0.3 is 14.7 Å². The molecule has 0 saturated carbocycles. The second-order valence-corrected chi connectivity index (χ2v) is 8.92. The van der Waals surface area contributed by atoms with Gasteiger partial charge in [0, 0.05) is 12.6 Å². The maximum atomic E-state index is 13.1. The van der Waals surface area contributed by atoms with Crippen molar-refractivity contribution in [1.29, 1.82) is 0 Å². The summed E-state index contributed by atoms with van der Waals surface area (Å²) >= 11 is 3.61. The highest BCUT2D eigenvalue weighted by atomic mass is 32.2. The Bertz CT molecular complexity index is 665. The lowest BCUT2D eigenvalue weighted by molar-refractivity contribution is -0.385. The molecule has 1 aliphatic heterocycles. The van der Waals surface area contributed by atoms with Crippen molar-refractivity contribution in [3.63, 3.8) is 0 Å². The second kappa shape index (κ2) is 9.36. The van der Waals surface area contributed by atoms with Gasteiger partial charge in [-0.05, 0) is 24.3 Å². The van der Waals surface area contributed by atoms with E-state index in [0.29, 0.717) is 6.54 Å². The summed E-state index contributed by atoms with van der Waals surface area (Å²) in [4.78, 5) is 25.6. The fourth-order valence-corrected chi connectivity index (χ4v) is 5.99. The molecule has 9 heteroatoms. The summed E-state index contributed by atoms with van der Waals surface area (Å²) in [5.41, 5.74) is -0.444. The van der Waals surface area contributed by atoms with E-state index in [1.165, 1.54) is 13.2 Å². The minimum atomic E-state index is -0.642. The average Bonchev–Trinajstić information content (AvgIpc) is 3.10. The van der Waals surface area contributed by atoms with Crippen LogP contribution in [0.1, 0.15) is 37.0 Å². The highest BCUT2D eigenvalue weighted by Crippen LogP contribution is 2.38. The van der Waals surface area contributed by atoms with Gasteiger partial charge in [0.15, 0.2) is 11.5 Å². The number of hydrogen-bond acceptors (Lipinski definition) is 7. The molecule has 1 unspecified atom stereocenters. The summed E-state index contributed by atoms with van der Waals surface area (Å²) in [6.07, 6.45) is 1.77. The van der Waals surface area contributed by atoms with Crippen LogP contribution in [0, 0.1) is 10.1 Å². The number of amides is 1. The maximum Gasteiger partial charge on any atom is 0.286 e. The van der Waals surface area contributed by atoms with Crippen LogP contribution in [0.25, 0.3) is 0 Å². The molecule has 1 fully saturated rings. The van der Waals surface area contributed by atoms with Crippen LogP contribution in [-0.2, 0) is 0 Å². The third-order valence-electron chi connectivity index (χ3n) is 4.26. The number of nitrogens with zero attached hydrogens (tertiary/aromatic N) is 2. The van der Waals surface area contributed by atoms with Crippen molar-refractivity contribution in [3.8, 4) is 11.5 Å². The van der Waals surface area contributed by atoms with E-state index < -0.39 is 10.6 Å². The van der Waals surface area contributed by atoms with E-state index in [1.807, 2.05) is 0 Å². The van der Waals surface area contributed by atoms with Crippen molar-refractivity contribution in [2.75, 3.05) is 25.2 Å². The van der Waals surface area contributed by atoms with Crippen LogP contribution >= 0.6 is 23.5 Å². The molecule has 1 aliphatic rings. The number of ether oxygens (including phenoxy) is 1. The molecule has 2 rings (SSSR count). The number of phenols is 1. The normalized spacial score (nSPS) is 16.9. The van der Waals surface area contributed by atoms with Crippen molar-refractivity contribution >= 4 is 35.1 Å². The number of phenolic OH excluding ortho intramolecular Hbond substituents is 1. The Morgan fingerprint density at radius 2 is 2.08 bits per heavy atom. The number of nitro benzene ring substituents is 1. The van der Waals surface area contributed by atoms with Crippen LogP contribution in [0.3, 0.4) is 0 Å². The standard InChI is InChI=1S/C17H24N2O5S2/c1-4-25-17(26-5-2)12-7-6-8-18(12)16(21)11-9-15(24-3)14(20)10-13(11)19(22)23/h9-10,12,17,20H,4-8H2,1-3H3. The molecule has 7 nitrogen and oxygen atoms in total. The molecule has 26 heavy (non-hydrogen) atoms. The van der Waals surface area contributed by atoms with Crippen LogP contribution < -0.4 is 4.74 Å². The zero-order valence-corrected chi connectivity index (χ0v) is 16.8. The molecule has 1 amide bonds. The van der Waals surface area contributed by atoms with E-state index in [9.17, 15) is 20.0 Å². The Labute approximate surface area is 161 Å². The van der Waals surface area contributed by atoms with Gasteiger partial charge in [-0.1, -0.05) is 13.8 Å². The largest absolute Gasteiger partial charge is 0.504 e. The molecule has 1 heterocycles. The zero-order valence-electron chi connectivity index (χ0n) is 15.1. The first kappa shape index (κ1) is 20.7. The third kappa shape index (κ3) is 4.37. The lowest BCUT2D eigenvalue weighted by Gasteiger charge is -2.31. The monoisotopic (exact) mass is 400 g/mol. The van der Waals surface area contributed by atoms with Gasteiger partial charge in [-0.3, -0.25) is 14.9 Å². The first-order chi connectivity index (χ1) is 12.4. The van der Waals surface area contributed by atoms with Crippen LogP contribution in [-0.4, -0.2) is 56.6 Å². The zero-order chi connectivity index (χ0) is 19.3. The number of thioether (sulfide) groups is 2. The van der Waals surface area contributed by atoms with E-state index in [2.05, 4.69) is 13.8 Å². The van der Waals surface area contributed by atoms with Crippen molar-refractivity contribution in [1.82, 2.24) is 4.90 Å². The number of carbonyl (C=O) groups excluding carboxylic acids is 1. The van der Waals surface area contributed by atoms with Gasteiger partial charge in [-0.15, -0.1) is 23.5 Å². The number of carbonyl (C=O) groups is 1. The van der Waals surface area contributed by atoms with Gasteiger partial charge in [-0.2, -0.15) is 0 Å². The lowest BCUT2D eigenvalue weighted by Crippen LogP contribution is -2.41. The van der Waals surface area contributed by atoms with E-state index >= 15 is 0 Å². The molecule has 0 radical (unpaired) electrons. The van der Waals surface area contributed by atoms with Crippen molar-refractivity contribution in [3.05, 3.63) is 27.8 Å². The molecular formula is C17H24N2O5S2. The average molecular weight is 401 g/mol. The Balaban J connectivity index is 2.38. The molecule has 0 spiro atoms. The summed E-state index contributed by atoms with van der Waals surface area (Å²) < 4.78 is 5.28. The maximum absolute atomic E-state index is 13.1. The van der Waals surface area contributed by atoms with Gasteiger partial charge in [-0.25, -0.2) is 0 Å². The van der Waals surface area contributed by atoms with Crippen molar-refractivity contribution < 1.29 is 19.6 Å². The molecule has 0 aliphatic carbocycles. The van der Waals surface area contributed by atoms with Gasteiger partial charge in [0.1, 0.15) is 5.56 Å². The summed E-state index contributed by atoms with van der Waals surface area (Å²) in [5.74, 6) is 1.22. The fraction of sp³-hybridized carbons (Fsp3) is 0.588. The summed E-state index contributed by atoms with van der Waals surface area (Å²) in [5, 5.41) is 21.2. The van der Waals surface area contributed by atoms with Gasteiger partial charge in [0.05, 0.1) is 28.7 Å². The summed E-state index contributed by atoms with van der Waals surface area (Å²) in [6.45, 7) is 4.75. The molecule has 1 aromatic carbocycles. The van der Waals surface area contributed by atoms with Gasteiger partial charge >= 0.3 is 0 Å². The molecule has 0 bridgehead atoms. The minimum absolute atomic E-state index is 0.0387. The Kier molecular flexibility index (Phi) is 7.45. The predicted molar refractivity (Wildman–Crippen MR) is 105 cm³/mol. The van der Waals surface area contributed by atoms with E-state index in [0.717, 1.165) is 30.4 Å². The highest BCUT2D eigenvalue weighted by molar-refractivity contribution is 8.17. The second-order valence-electron chi connectivity index (χ2n) is 5.79. The Hall–Kier alpha value is -1.61. The molecule has 1 saturated heterocycles. The molecule has 1 N–H and O–H groups in total. The predicted octanol–water partition coefficient (Wildman–Crippen LogP) is 3.75. The quantitative estimate of drug-likeness (QED) is 0.403. The van der Waals surface area contributed by atoms with Crippen LogP contribution in [0.5, 0.6) is 11.5 Å². The number of aromatic hydroxyl groups is 1. The summed E-state index contributed by atoms with van der Waals surface area (Å²) in [6, 6.07) is 2.29. The number of rotatable bonds is 8. The van der Waals surface area contributed by atoms with Crippen molar-refractivity contribution in [2.24, 2.45) is 0 Å². The van der Waals surface area contributed by atoms with Crippen molar-refractivity contribution in [2.45, 2.75) is 37.3 Å².